The molecule has 0 spiro atoms. The molecule has 0 saturated heterocycles. The van der Waals surface area contributed by atoms with Crippen LogP contribution in [0.3, 0.4) is 0 Å². The average Bonchev–Trinajstić information content (AvgIpc) is 2.43. The Kier molecular flexibility index (Phi) is 4.09. The van der Waals surface area contributed by atoms with Gasteiger partial charge in [-0.15, -0.1) is 12.6 Å². The molecule has 0 aromatic carbocycles. The molecular formula is C8H11ClN2S2. The van der Waals surface area contributed by atoms with Crippen molar-refractivity contribution in [1.29, 1.82) is 0 Å². The molecule has 13 heavy (non-hydrogen) atoms. The van der Waals surface area contributed by atoms with Crippen molar-refractivity contribution in [1.82, 2.24) is 9.32 Å². The summed E-state index contributed by atoms with van der Waals surface area (Å²) in [6.45, 7) is 2.07. The van der Waals surface area contributed by atoms with Gasteiger partial charge in [0.15, 0.2) is 0 Å². The van der Waals surface area contributed by atoms with Gasteiger partial charge in [0, 0.05) is 24.2 Å². The Hall–Kier alpha value is -0.190. The van der Waals surface area contributed by atoms with Gasteiger partial charge in [-0.05, 0) is 12.5 Å². The predicted molar refractivity (Wildman–Crippen MR) is 63.5 cm³/mol. The fourth-order valence-corrected chi connectivity index (χ4v) is 1.60. The van der Waals surface area contributed by atoms with E-state index < -0.39 is 0 Å². The number of rotatable bonds is 2. The minimum absolute atomic E-state index is 0.0355. The molecule has 0 aliphatic carbocycles. The zero-order valence-corrected chi connectivity index (χ0v) is 9.69. The molecule has 0 saturated carbocycles. The van der Waals surface area contributed by atoms with Gasteiger partial charge in [0.2, 0.25) is 0 Å². The van der Waals surface area contributed by atoms with Gasteiger partial charge in [0.05, 0.1) is 0 Å². The van der Waals surface area contributed by atoms with Crippen LogP contribution in [0.15, 0.2) is 24.6 Å². The van der Waals surface area contributed by atoms with Gasteiger partial charge in [-0.2, -0.15) is 0 Å². The molecule has 5 heteroatoms. The Morgan fingerprint density at radius 3 is 2.92 bits per heavy atom. The molecule has 0 N–H and O–H groups in total. The summed E-state index contributed by atoms with van der Waals surface area (Å²) in [5.74, 6) is 0. The summed E-state index contributed by atoms with van der Waals surface area (Å²) in [5, 5.41) is 0. The normalized spacial score (nSPS) is 21.9. The second kappa shape index (κ2) is 4.88. The minimum atomic E-state index is -0.0355. The van der Waals surface area contributed by atoms with E-state index in [1.54, 1.807) is 10.6 Å². The first kappa shape index (κ1) is 10.9. The van der Waals surface area contributed by atoms with Crippen LogP contribution in [0.4, 0.5) is 0 Å². The van der Waals surface area contributed by atoms with E-state index in [9.17, 15) is 0 Å². The van der Waals surface area contributed by atoms with Gasteiger partial charge in [0.1, 0.15) is 10.5 Å². The fourth-order valence-electron chi connectivity index (χ4n) is 1.04. The molecule has 1 aliphatic rings. The SMILES string of the molecule is CCC=CC1N(Cl)C=CN1C(=S)S. The number of halogens is 1. The van der Waals surface area contributed by atoms with Crippen LogP contribution in [-0.2, 0) is 0 Å². The van der Waals surface area contributed by atoms with Crippen LogP contribution in [0, 0.1) is 0 Å². The molecule has 0 aromatic rings. The molecule has 0 bridgehead atoms. The maximum absolute atomic E-state index is 5.91. The summed E-state index contributed by atoms with van der Waals surface area (Å²) in [7, 11) is 0. The van der Waals surface area contributed by atoms with E-state index in [1.165, 1.54) is 0 Å². The lowest BCUT2D eigenvalue weighted by Gasteiger charge is -2.24. The lowest BCUT2D eigenvalue weighted by molar-refractivity contribution is 0.380. The van der Waals surface area contributed by atoms with Crippen molar-refractivity contribution in [2.24, 2.45) is 0 Å². The third-order valence-electron chi connectivity index (χ3n) is 1.67. The van der Waals surface area contributed by atoms with E-state index in [-0.39, 0.29) is 6.17 Å². The van der Waals surface area contributed by atoms with Crippen LogP contribution < -0.4 is 0 Å². The van der Waals surface area contributed by atoms with E-state index in [4.69, 9.17) is 24.0 Å². The van der Waals surface area contributed by atoms with Crippen molar-refractivity contribution in [2.75, 3.05) is 0 Å². The number of thiol groups is 1. The van der Waals surface area contributed by atoms with E-state index in [1.807, 2.05) is 23.3 Å². The lowest BCUT2D eigenvalue weighted by atomic mass is 10.3. The van der Waals surface area contributed by atoms with E-state index in [2.05, 4.69) is 19.6 Å². The van der Waals surface area contributed by atoms with Crippen LogP contribution in [-0.4, -0.2) is 19.8 Å². The summed E-state index contributed by atoms with van der Waals surface area (Å²) in [4.78, 5) is 1.82. The van der Waals surface area contributed by atoms with Crippen LogP contribution in [0.2, 0.25) is 0 Å². The highest BCUT2D eigenvalue weighted by molar-refractivity contribution is 8.10. The molecule has 1 unspecified atom stereocenters. The summed E-state index contributed by atoms with van der Waals surface area (Å²) in [6.07, 6.45) is 8.56. The van der Waals surface area contributed by atoms with Crippen molar-refractivity contribution < 1.29 is 0 Å². The largest absolute Gasteiger partial charge is 0.307 e. The zero-order chi connectivity index (χ0) is 9.84. The highest BCUT2D eigenvalue weighted by Crippen LogP contribution is 2.20. The number of hydrogen-bond acceptors (Lipinski definition) is 2. The molecule has 1 atom stereocenters. The van der Waals surface area contributed by atoms with Gasteiger partial charge in [-0.1, -0.05) is 25.2 Å². The average molecular weight is 235 g/mol. The Labute approximate surface area is 94.4 Å². The van der Waals surface area contributed by atoms with Gasteiger partial charge < -0.3 is 4.90 Å². The second-order valence-corrected chi connectivity index (χ2v) is 4.09. The Morgan fingerprint density at radius 2 is 2.38 bits per heavy atom. The van der Waals surface area contributed by atoms with E-state index >= 15 is 0 Å². The molecule has 0 radical (unpaired) electrons. The molecule has 0 aromatic heterocycles. The highest BCUT2D eigenvalue weighted by Gasteiger charge is 2.23. The van der Waals surface area contributed by atoms with Crippen molar-refractivity contribution in [2.45, 2.75) is 19.5 Å². The van der Waals surface area contributed by atoms with Gasteiger partial charge in [-0.3, -0.25) is 4.42 Å². The molecular weight excluding hydrogens is 224 g/mol. The summed E-state index contributed by atoms with van der Waals surface area (Å²) >= 11 is 15.0. The van der Waals surface area contributed by atoms with E-state index in [0.717, 1.165) is 6.42 Å². The monoisotopic (exact) mass is 234 g/mol. The van der Waals surface area contributed by atoms with Crippen LogP contribution in [0.25, 0.3) is 0 Å². The number of hydrogen-bond donors (Lipinski definition) is 1. The second-order valence-electron chi connectivity index (χ2n) is 2.58. The Morgan fingerprint density at radius 1 is 1.69 bits per heavy atom. The standard InChI is InChI=1S/C8H11ClN2S2/c1-2-3-4-7-10(8(12)13)5-6-11(7)9/h3-7H,2H2,1H3,(H,12,13). The quantitative estimate of drug-likeness (QED) is 0.340. The minimum Gasteiger partial charge on any atom is -0.307 e. The van der Waals surface area contributed by atoms with Crippen LogP contribution >= 0.6 is 36.6 Å². The van der Waals surface area contributed by atoms with Gasteiger partial charge >= 0.3 is 0 Å². The Balaban J connectivity index is 2.70. The third-order valence-corrected chi connectivity index (χ3v) is 2.43. The molecule has 0 amide bonds. The summed E-state index contributed by atoms with van der Waals surface area (Å²) in [6, 6.07) is 0. The van der Waals surface area contributed by atoms with E-state index in [0.29, 0.717) is 4.32 Å². The molecule has 1 aliphatic heterocycles. The molecule has 1 heterocycles. The molecule has 72 valence electrons. The van der Waals surface area contributed by atoms with Crippen molar-refractivity contribution in [3.8, 4) is 0 Å². The third kappa shape index (κ3) is 2.62. The predicted octanol–water partition coefficient (Wildman–Crippen LogP) is 2.74. The van der Waals surface area contributed by atoms with Crippen LogP contribution in [0.1, 0.15) is 13.3 Å². The maximum Gasteiger partial charge on any atom is 0.141 e. The lowest BCUT2D eigenvalue weighted by Crippen LogP contribution is -2.33. The number of allylic oxidation sites excluding steroid dienone is 1. The first-order chi connectivity index (χ1) is 6.16. The molecule has 1 rings (SSSR count). The maximum atomic E-state index is 5.91. The molecule has 2 nitrogen and oxygen atoms in total. The van der Waals surface area contributed by atoms with Crippen molar-refractivity contribution >= 4 is 40.9 Å². The number of thiocarbonyl (C=S) groups is 1. The van der Waals surface area contributed by atoms with Crippen molar-refractivity contribution in [3.63, 3.8) is 0 Å². The van der Waals surface area contributed by atoms with Gasteiger partial charge in [0.25, 0.3) is 0 Å². The number of nitrogens with zero attached hydrogens (tertiary/aromatic N) is 2. The Bertz CT molecular complexity index is 253. The fraction of sp³-hybridized carbons (Fsp3) is 0.375. The smallest absolute Gasteiger partial charge is 0.141 e. The zero-order valence-electron chi connectivity index (χ0n) is 7.22. The van der Waals surface area contributed by atoms with Crippen LogP contribution in [0.5, 0.6) is 0 Å². The van der Waals surface area contributed by atoms with Gasteiger partial charge in [-0.25, -0.2) is 0 Å². The highest BCUT2D eigenvalue weighted by atomic mass is 35.5. The summed E-state index contributed by atoms with van der Waals surface area (Å²) < 4.78 is 2.08. The topological polar surface area (TPSA) is 6.48 Å². The first-order valence-corrected chi connectivity index (χ1v) is 5.16. The summed E-state index contributed by atoms with van der Waals surface area (Å²) in [5.41, 5.74) is 0. The van der Waals surface area contributed by atoms with Crippen molar-refractivity contribution in [3.05, 3.63) is 24.6 Å². The molecule has 0 fully saturated rings. The first-order valence-electron chi connectivity index (χ1n) is 3.97.